The predicted molar refractivity (Wildman–Crippen MR) is 132 cm³/mol. The molecular formula is C26H27ClO5S. The minimum atomic E-state index is -0.844. The Morgan fingerprint density at radius 2 is 1.85 bits per heavy atom. The SMILES string of the molecule is Cc1cc(OCC[C@@H](C)Oc2ccc(Cl)cc2C(O)c2ccccc2)ccc1SCC(=O)O. The van der Waals surface area contributed by atoms with Crippen LogP contribution in [0.4, 0.5) is 0 Å². The third-order valence-corrected chi connectivity index (χ3v) is 6.40. The molecule has 2 atom stereocenters. The normalized spacial score (nSPS) is 12.7. The van der Waals surface area contributed by atoms with Crippen molar-refractivity contribution in [3.63, 3.8) is 0 Å². The van der Waals surface area contributed by atoms with Crippen LogP contribution >= 0.6 is 23.4 Å². The van der Waals surface area contributed by atoms with Crippen LogP contribution in [0.2, 0.25) is 5.02 Å². The molecule has 0 aromatic heterocycles. The lowest BCUT2D eigenvalue weighted by Gasteiger charge is -2.21. The highest BCUT2D eigenvalue weighted by atomic mass is 35.5. The maximum Gasteiger partial charge on any atom is 0.313 e. The van der Waals surface area contributed by atoms with Crippen LogP contribution in [-0.4, -0.2) is 34.6 Å². The second-order valence-corrected chi connectivity index (χ2v) is 9.12. The summed E-state index contributed by atoms with van der Waals surface area (Å²) in [6.45, 7) is 4.34. The Morgan fingerprint density at radius 3 is 2.55 bits per heavy atom. The molecule has 0 saturated heterocycles. The molecule has 174 valence electrons. The van der Waals surface area contributed by atoms with Gasteiger partial charge in [0.15, 0.2) is 0 Å². The number of carbonyl (C=O) groups is 1. The molecule has 0 amide bonds. The standard InChI is InChI=1S/C26H27ClO5S/c1-17-14-21(9-11-24(17)33-16-25(28)29)31-13-12-18(2)32-23-10-8-20(27)15-22(23)26(30)19-6-4-3-5-7-19/h3-11,14-15,18,26,30H,12-13,16H2,1-2H3,(H,28,29)/t18-,26?/m1/s1. The van der Waals surface area contributed by atoms with Gasteiger partial charge in [-0.05, 0) is 61.4 Å². The van der Waals surface area contributed by atoms with Crippen LogP contribution in [0.1, 0.15) is 36.1 Å². The van der Waals surface area contributed by atoms with Crippen molar-refractivity contribution < 1.29 is 24.5 Å². The number of hydrogen-bond acceptors (Lipinski definition) is 5. The maximum atomic E-state index is 10.9. The molecule has 0 spiro atoms. The van der Waals surface area contributed by atoms with Gasteiger partial charge in [0.2, 0.25) is 0 Å². The first-order valence-electron chi connectivity index (χ1n) is 10.6. The number of rotatable bonds is 11. The molecule has 0 aliphatic rings. The van der Waals surface area contributed by atoms with Crippen LogP contribution < -0.4 is 9.47 Å². The monoisotopic (exact) mass is 486 g/mol. The zero-order chi connectivity index (χ0) is 23.8. The van der Waals surface area contributed by atoms with Crippen molar-refractivity contribution in [2.24, 2.45) is 0 Å². The lowest BCUT2D eigenvalue weighted by molar-refractivity contribution is -0.133. The van der Waals surface area contributed by atoms with Crippen molar-refractivity contribution in [1.82, 2.24) is 0 Å². The molecular weight excluding hydrogens is 460 g/mol. The van der Waals surface area contributed by atoms with E-state index in [2.05, 4.69) is 0 Å². The first-order chi connectivity index (χ1) is 15.8. The van der Waals surface area contributed by atoms with Gasteiger partial charge in [-0.25, -0.2) is 0 Å². The summed E-state index contributed by atoms with van der Waals surface area (Å²) in [5.74, 6) is 0.500. The number of ether oxygens (including phenoxy) is 2. The molecule has 3 aromatic rings. The number of halogens is 1. The molecule has 3 rings (SSSR count). The van der Waals surface area contributed by atoms with Gasteiger partial charge in [0.25, 0.3) is 0 Å². The van der Waals surface area contributed by atoms with Gasteiger partial charge in [-0.1, -0.05) is 41.9 Å². The van der Waals surface area contributed by atoms with E-state index < -0.39 is 12.1 Å². The van der Waals surface area contributed by atoms with Crippen LogP contribution in [0.25, 0.3) is 0 Å². The molecule has 0 saturated carbocycles. The summed E-state index contributed by atoms with van der Waals surface area (Å²) in [7, 11) is 0. The van der Waals surface area contributed by atoms with Gasteiger partial charge in [-0.15, -0.1) is 11.8 Å². The number of aliphatic hydroxyl groups excluding tert-OH is 1. The molecule has 0 heterocycles. The van der Waals surface area contributed by atoms with Gasteiger partial charge < -0.3 is 19.7 Å². The van der Waals surface area contributed by atoms with E-state index >= 15 is 0 Å². The van der Waals surface area contributed by atoms with Gasteiger partial charge in [-0.3, -0.25) is 4.79 Å². The van der Waals surface area contributed by atoms with E-state index in [1.54, 1.807) is 18.2 Å². The van der Waals surface area contributed by atoms with Crippen LogP contribution in [0.3, 0.4) is 0 Å². The lowest BCUT2D eigenvalue weighted by atomic mass is 10.0. The number of benzene rings is 3. The Morgan fingerprint density at radius 1 is 1.09 bits per heavy atom. The van der Waals surface area contributed by atoms with E-state index in [0.717, 1.165) is 21.8 Å². The molecule has 0 bridgehead atoms. The number of thioether (sulfide) groups is 1. The summed E-state index contributed by atoms with van der Waals surface area (Å²) in [5.41, 5.74) is 2.36. The summed E-state index contributed by atoms with van der Waals surface area (Å²) in [5, 5.41) is 20.2. The summed E-state index contributed by atoms with van der Waals surface area (Å²) in [6, 6.07) is 20.3. The Kier molecular flexibility index (Phi) is 9.06. The van der Waals surface area contributed by atoms with Crippen molar-refractivity contribution in [3.05, 3.63) is 88.4 Å². The zero-order valence-electron chi connectivity index (χ0n) is 18.5. The van der Waals surface area contributed by atoms with E-state index in [-0.39, 0.29) is 11.9 Å². The maximum absolute atomic E-state index is 10.9. The van der Waals surface area contributed by atoms with E-state index in [4.69, 9.17) is 26.2 Å². The van der Waals surface area contributed by atoms with Crippen LogP contribution in [0.15, 0.2) is 71.6 Å². The number of hydrogen-bond donors (Lipinski definition) is 2. The van der Waals surface area contributed by atoms with Gasteiger partial charge in [0, 0.05) is 21.9 Å². The highest BCUT2D eigenvalue weighted by Gasteiger charge is 2.18. The van der Waals surface area contributed by atoms with Gasteiger partial charge in [-0.2, -0.15) is 0 Å². The molecule has 1 unspecified atom stereocenters. The molecule has 2 N–H and O–H groups in total. The summed E-state index contributed by atoms with van der Waals surface area (Å²) in [4.78, 5) is 11.7. The number of aryl methyl sites for hydroxylation is 1. The molecule has 0 aliphatic carbocycles. The largest absolute Gasteiger partial charge is 0.493 e. The first kappa shape index (κ1) is 25.0. The number of aliphatic hydroxyl groups is 1. The van der Waals surface area contributed by atoms with E-state index in [1.807, 2.05) is 62.4 Å². The van der Waals surface area contributed by atoms with E-state index in [9.17, 15) is 9.90 Å². The minimum absolute atomic E-state index is 0.0293. The quantitative estimate of drug-likeness (QED) is 0.317. The fourth-order valence-electron chi connectivity index (χ4n) is 3.29. The van der Waals surface area contributed by atoms with Crippen LogP contribution in [0.5, 0.6) is 11.5 Å². The van der Waals surface area contributed by atoms with Gasteiger partial charge in [0.1, 0.15) is 17.6 Å². The Balaban J connectivity index is 1.58. The Hall–Kier alpha value is -2.67. The fourth-order valence-corrected chi connectivity index (χ4v) is 4.20. The third-order valence-electron chi connectivity index (χ3n) is 5.00. The average molecular weight is 487 g/mol. The molecule has 0 aliphatic heterocycles. The third kappa shape index (κ3) is 7.42. The molecule has 5 nitrogen and oxygen atoms in total. The van der Waals surface area contributed by atoms with E-state index in [1.165, 1.54) is 11.8 Å². The number of aliphatic carboxylic acids is 1. The smallest absolute Gasteiger partial charge is 0.313 e. The Bertz CT molecular complexity index is 1070. The highest BCUT2D eigenvalue weighted by Crippen LogP contribution is 2.33. The van der Waals surface area contributed by atoms with Crippen LogP contribution in [0, 0.1) is 6.92 Å². The summed E-state index contributed by atoms with van der Waals surface area (Å²) >= 11 is 7.47. The molecule has 0 radical (unpaired) electrons. The predicted octanol–water partition coefficient (Wildman–Crippen LogP) is 6.14. The Labute approximate surface area is 203 Å². The van der Waals surface area contributed by atoms with Crippen molar-refractivity contribution >= 4 is 29.3 Å². The van der Waals surface area contributed by atoms with Gasteiger partial charge in [0.05, 0.1) is 18.5 Å². The lowest BCUT2D eigenvalue weighted by Crippen LogP contribution is -2.17. The summed E-state index contributed by atoms with van der Waals surface area (Å²) in [6.07, 6.45) is -0.360. The number of carboxylic acids is 1. The zero-order valence-corrected chi connectivity index (χ0v) is 20.1. The van der Waals surface area contributed by atoms with Gasteiger partial charge >= 0.3 is 5.97 Å². The topological polar surface area (TPSA) is 76.0 Å². The van der Waals surface area contributed by atoms with Crippen molar-refractivity contribution in [2.45, 2.75) is 37.4 Å². The first-order valence-corrected chi connectivity index (χ1v) is 12.0. The van der Waals surface area contributed by atoms with Crippen molar-refractivity contribution in [3.8, 4) is 11.5 Å². The van der Waals surface area contributed by atoms with Crippen LogP contribution in [-0.2, 0) is 4.79 Å². The second-order valence-electron chi connectivity index (χ2n) is 7.67. The molecule has 0 fully saturated rings. The summed E-state index contributed by atoms with van der Waals surface area (Å²) < 4.78 is 12.0. The number of carboxylic acid groups (broad SMARTS) is 1. The fraction of sp³-hybridized carbons (Fsp3) is 0.269. The second kappa shape index (κ2) is 12.0. The average Bonchev–Trinajstić information content (AvgIpc) is 2.79. The molecule has 33 heavy (non-hydrogen) atoms. The van der Waals surface area contributed by atoms with E-state index in [0.29, 0.717) is 29.4 Å². The minimum Gasteiger partial charge on any atom is -0.493 e. The van der Waals surface area contributed by atoms with Crippen molar-refractivity contribution in [1.29, 1.82) is 0 Å². The molecule has 7 heteroatoms. The molecule has 3 aromatic carbocycles. The highest BCUT2D eigenvalue weighted by molar-refractivity contribution is 8.00. The van der Waals surface area contributed by atoms with Crippen molar-refractivity contribution in [2.75, 3.05) is 12.4 Å².